The Morgan fingerprint density at radius 1 is 1.00 bits per heavy atom. The van der Waals surface area contributed by atoms with Crippen molar-refractivity contribution in [3.63, 3.8) is 0 Å². The highest BCUT2D eigenvalue weighted by atomic mass is 16.3. The van der Waals surface area contributed by atoms with Crippen LogP contribution in [-0.2, 0) is 4.79 Å². The third-order valence-electron chi connectivity index (χ3n) is 9.18. The topological polar surface area (TPSA) is 57.5 Å². The molecule has 0 aliphatic heterocycles. The summed E-state index contributed by atoms with van der Waals surface area (Å²) in [5, 5.41) is 21.5. The van der Waals surface area contributed by atoms with E-state index in [9.17, 15) is 15.0 Å². The second-order valence-electron chi connectivity index (χ2n) is 9.90. The van der Waals surface area contributed by atoms with Gasteiger partial charge in [0.25, 0.3) is 0 Å². The maximum atomic E-state index is 12.2. The number of aliphatic hydroxyl groups excluding tert-OH is 2. The molecule has 1 unspecified atom stereocenters. The molecule has 4 saturated carbocycles. The summed E-state index contributed by atoms with van der Waals surface area (Å²) in [5.41, 5.74) is 0.0248. The van der Waals surface area contributed by atoms with Crippen molar-refractivity contribution >= 4 is 5.78 Å². The second kappa shape index (κ2) is 5.54. The minimum absolute atomic E-state index is 0.0325. The second-order valence-corrected chi connectivity index (χ2v) is 9.90. The largest absolute Gasteiger partial charge is 0.393 e. The summed E-state index contributed by atoms with van der Waals surface area (Å²) in [7, 11) is 0. The first-order valence-electron chi connectivity index (χ1n) is 10.2. The van der Waals surface area contributed by atoms with Gasteiger partial charge in [0.05, 0.1) is 12.2 Å². The normalized spacial score (nSPS) is 57.0. The lowest BCUT2D eigenvalue weighted by atomic mass is 9.44. The highest BCUT2D eigenvalue weighted by Crippen LogP contribution is 2.67. The summed E-state index contributed by atoms with van der Waals surface area (Å²) in [5.74, 6) is 2.27. The molecule has 0 saturated heterocycles. The molecule has 0 aromatic rings. The van der Waals surface area contributed by atoms with Gasteiger partial charge in [-0.3, -0.25) is 4.79 Å². The maximum absolute atomic E-state index is 12.2. The van der Waals surface area contributed by atoms with Crippen molar-refractivity contribution in [2.75, 3.05) is 0 Å². The van der Waals surface area contributed by atoms with Crippen LogP contribution in [0.2, 0.25) is 0 Å². The smallest absolute Gasteiger partial charge is 0.136 e. The molecule has 0 radical (unpaired) electrons. The first-order valence-corrected chi connectivity index (χ1v) is 10.2. The summed E-state index contributed by atoms with van der Waals surface area (Å²) in [6.07, 6.45) is 8.18. The molecule has 4 aliphatic carbocycles. The molecule has 3 nitrogen and oxygen atoms in total. The lowest BCUT2D eigenvalue weighted by molar-refractivity contribution is -0.164. The molecule has 4 rings (SSSR count). The van der Waals surface area contributed by atoms with Crippen molar-refractivity contribution in [2.24, 2.45) is 40.4 Å². The standard InChI is InChI=1S/C21H34O3/c1-12(22)19-17(23)11-16-14-8-7-13-5-4-6-18(24)21(13,3)15(14)9-10-20(16,19)2/h13-19,23-24H,4-11H2,1-3H3/t13-,14-,15+,16+,17-,18?,19+,20+,21+/m1/s1. The fraction of sp³-hybridized carbons (Fsp3) is 0.952. The van der Waals surface area contributed by atoms with E-state index in [0.29, 0.717) is 23.7 Å². The Morgan fingerprint density at radius 3 is 2.46 bits per heavy atom. The van der Waals surface area contributed by atoms with Crippen LogP contribution in [0, 0.1) is 40.4 Å². The quantitative estimate of drug-likeness (QED) is 0.771. The van der Waals surface area contributed by atoms with E-state index >= 15 is 0 Å². The first-order chi connectivity index (χ1) is 11.3. The van der Waals surface area contributed by atoms with Gasteiger partial charge >= 0.3 is 0 Å². The Bertz CT molecular complexity index is 531. The van der Waals surface area contributed by atoms with Gasteiger partial charge < -0.3 is 10.2 Å². The Hall–Kier alpha value is -0.410. The van der Waals surface area contributed by atoms with Crippen molar-refractivity contribution in [3.8, 4) is 0 Å². The maximum Gasteiger partial charge on any atom is 0.136 e. The Labute approximate surface area is 146 Å². The number of ketones is 1. The SMILES string of the molecule is CC(=O)[C@H]1[C@H](O)C[C@H]2[C@@H]3CC[C@H]4CCCC(O)[C@]4(C)[C@H]3CC[C@@]21C. The van der Waals surface area contributed by atoms with Crippen molar-refractivity contribution in [1.29, 1.82) is 0 Å². The van der Waals surface area contributed by atoms with E-state index in [1.54, 1.807) is 6.92 Å². The molecule has 0 bridgehead atoms. The summed E-state index contributed by atoms with van der Waals surface area (Å²) < 4.78 is 0. The molecule has 3 heteroatoms. The number of Topliss-reactive ketones (excluding diaryl/α,β-unsaturated/α-hetero) is 1. The predicted octanol–water partition coefficient (Wildman–Crippen LogP) is 3.57. The van der Waals surface area contributed by atoms with Gasteiger partial charge in [-0.25, -0.2) is 0 Å². The Kier molecular flexibility index (Phi) is 3.93. The summed E-state index contributed by atoms with van der Waals surface area (Å²) >= 11 is 0. The van der Waals surface area contributed by atoms with Gasteiger partial charge in [-0.1, -0.05) is 20.3 Å². The lowest BCUT2D eigenvalue weighted by Gasteiger charge is -2.61. The molecule has 2 N–H and O–H groups in total. The molecular weight excluding hydrogens is 300 g/mol. The fourth-order valence-corrected chi connectivity index (χ4v) is 8.06. The van der Waals surface area contributed by atoms with Crippen molar-refractivity contribution in [2.45, 2.75) is 84.3 Å². The van der Waals surface area contributed by atoms with Gasteiger partial charge in [0.2, 0.25) is 0 Å². The van der Waals surface area contributed by atoms with Crippen LogP contribution >= 0.6 is 0 Å². The molecule has 0 amide bonds. The van der Waals surface area contributed by atoms with Gasteiger partial charge in [0, 0.05) is 5.92 Å². The van der Waals surface area contributed by atoms with E-state index < -0.39 is 6.10 Å². The number of hydrogen-bond donors (Lipinski definition) is 2. The fourth-order valence-electron chi connectivity index (χ4n) is 8.06. The van der Waals surface area contributed by atoms with E-state index in [1.807, 2.05) is 0 Å². The minimum Gasteiger partial charge on any atom is -0.393 e. The summed E-state index contributed by atoms with van der Waals surface area (Å²) in [6, 6.07) is 0. The lowest BCUT2D eigenvalue weighted by Crippen LogP contribution is -2.57. The molecule has 4 aliphatic rings. The minimum atomic E-state index is -0.460. The van der Waals surface area contributed by atoms with E-state index in [1.165, 1.54) is 25.7 Å². The number of aliphatic hydroxyl groups is 2. The van der Waals surface area contributed by atoms with E-state index in [-0.39, 0.29) is 28.6 Å². The van der Waals surface area contributed by atoms with Gasteiger partial charge in [-0.2, -0.15) is 0 Å². The Morgan fingerprint density at radius 2 is 1.75 bits per heavy atom. The molecular formula is C21H34O3. The zero-order chi connectivity index (χ0) is 17.3. The van der Waals surface area contributed by atoms with Crippen LogP contribution in [0.1, 0.15) is 72.1 Å². The highest BCUT2D eigenvalue weighted by molar-refractivity contribution is 5.80. The van der Waals surface area contributed by atoms with E-state index in [2.05, 4.69) is 13.8 Å². The molecule has 0 spiro atoms. The van der Waals surface area contributed by atoms with Crippen LogP contribution in [0.15, 0.2) is 0 Å². The number of rotatable bonds is 1. The Balaban J connectivity index is 1.68. The summed E-state index contributed by atoms with van der Waals surface area (Å²) in [6.45, 7) is 6.29. The van der Waals surface area contributed by atoms with Gasteiger partial charge in [-0.15, -0.1) is 0 Å². The van der Waals surface area contributed by atoms with Crippen LogP contribution in [0.4, 0.5) is 0 Å². The zero-order valence-corrected chi connectivity index (χ0v) is 15.5. The predicted molar refractivity (Wildman–Crippen MR) is 93.3 cm³/mol. The molecule has 0 aromatic carbocycles. The molecule has 0 heterocycles. The van der Waals surface area contributed by atoms with Crippen molar-refractivity contribution < 1.29 is 15.0 Å². The van der Waals surface area contributed by atoms with E-state index in [4.69, 9.17) is 0 Å². The van der Waals surface area contributed by atoms with Crippen LogP contribution in [0.5, 0.6) is 0 Å². The van der Waals surface area contributed by atoms with Gasteiger partial charge in [0.1, 0.15) is 5.78 Å². The van der Waals surface area contributed by atoms with Crippen LogP contribution < -0.4 is 0 Å². The van der Waals surface area contributed by atoms with Gasteiger partial charge in [0.15, 0.2) is 0 Å². The first kappa shape index (κ1) is 17.0. The van der Waals surface area contributed by atoms with Gasteiger partial charge in [-0.05, 0) is 86.4 Å². The highest BCUT2D eigenvalue weighted by Gasteiger charge is 2.64. The number of hydrogen-bond acceptors (Lipinski definition) is 3. The number of carbonyl (C=O) groups excluding carboxylic acids is 1. The van der Waals surface area contributed by atoms with E-state index in [0.717, 1.165) is 25.7 Å². The van der Waals surface area contributed by atoms with Crippen molar-refractivity contribution in [1.82, 2.24) is 0 Å². The average Bonchev–Trinajstić information content (AvgIpc) is 2.79. The van der Waals surface area contributed by atoms with Crippen LogP contribution in [0.3, 0.4) is 0 Å². The molecule has 136 valence electrons. The van der Waals surface area contributed by atoms with Crippen molar-refractivity contribution in [3.05, 3.63) is 0 Å². The molecule has 4 fully saturated rings. The average molecular weight is 335 g/mol. The monoisotopic (exact) mass is 334 g/mol. The molecule has 9 atom stereocenters. The summed E-state index contributed by atoms with van der Waals surface area (Å²) in [4.78, 5) is 12.2. The van der Waals surface area contributed by atoms with Crippen LogP contribution in [-0.4, -0.2) is 28.2 Å². The number of fused-ring (bicyclic) bond motifs is 5. The van der Waals surface area contributed by atoms with Crippen LogP contribution in [0.25, 0.3) is 0 Å². The number of carbonyl (C=O) groups is 1. The molecule has 24 heavy (non-hydrogen) atoms. The zero-order valence-electron chi connectivity index (χ0n) is 15.5. The third-order valence-corrected chi connectivity index (χ3v) is 9.18. The third kappa shape index (κ3) is 2.06. The molecule has 0 aromatic heterocycles.